The monoisotopic (exact) mass is 462 g/mol. The largest absolute Gasteiger partial charge is 0.495 e. The molecule has 3 heterocycles. The molecule has 9 heteroatoms. The van der Waals surface area contributed by atoms with Crippen molar-refractivity contribution in [3.63, 3.8) is 0 Å². The summed E-state index contributed by atoms with van der Waals surface area (Å²) in [5.41, 5.74) is 0.549. The van der Waals surface area contributed by atoms with Crippen molar-refractivity contribution in [3.05, 3.63) is 39.9 Å². The first kappa shape index (κ1) is 18.9. The topological polar surface area (TPSA) is 67.8 Å². The predicted molar refractivity (Wildman–Crippen MR) is 113 cm³/mol. The molecular weight excluding hydrogens is 444 g/mol. The summed E-state index contributed by atoms with van der Waals surface area (Å²) >= 11 is 5.04. The van der Waals surface area contributed by atoms with E-state index < -0.39 is 0 Å². The van der Waals surface area contributed by atoms with Crippen molar-refractivity contribution in [1.82, 2.24) is 14.9 Å². The SMILES string of the molecule is COc1cc(C(=O)N2CCN(c3ncnc4sccc34)CC2)cc(OC)c1Br. The summed E-state index contributed by atoms with van der Waals surface area (Å²) in [6.07, 6.45) is 1.60. The predicted octanol–water partition coefficient (Wildman–Crippen LogP) is 3.43. The van der Waals surface area contributed by atoms with Gasteiger partial charge in [-0.25, -0.2) is 9.97 Å². The number of hydrogen-bond acceptors (Lipinski definition) is 7. The number of thiophene rings is 1. The Kier molecular flexibility index (Phi) is 5.36. The zero-order chi connectivity index (χ0) is 19.7. The maximum absolute atomic E-state index is 13.0. The minimum absolute atomic E-state index is 0.0351. The first-order valence-electron chi connectivity index (χ1n) is 8.76. The molecule has 0 aliphatic carbocycles. The van der Waals surface area contributed by atoms with Crippen LogP contribution in [0.2, 0.25) is 0 Å². The van der Waals surface area contributed by atoms with Gasteiger partial charge in [0.25, 0.3) is 5.91 Å². The van der Waals surface area contributed by atoms with Crippen molar-refractivity contribution < 1.29 is 14.3 Å². The zero-order valence-electron chi connectivity index (χ0n) is 15.5. The Hall–Kier alpha value is -2.39. The van der Waals surface area contributed by atoms with Crippen molar-refractivity contribution in [2.75, 3.05) is 45.3 Å². The lowest BCUT2D eigenvalue weighted by Gasteiger charge is -2.35. The van der Waals surface area contributed by atoms with Crippen LogP contribution < -0.4 is 14.4 Å². The average molecular weight is 463 g/mol. The minimum Gasteiger partial charge on any atom is -0.495 e. The number of piperazine rings is 1. The van der Waals surface area contributed by atoms with Crippen molar-refractivity contribution in [3.8, 4) is 11.5 Å². The maximum atomic E-state index is 13.0. The summed E-state index contributed by atoms with van der Waals surface area (Å²) in [7, 11) is 3.14. The molecule has 1 aliphatic heterocycles. The van der Waals surface area contributed by atoms with Crippen LogP contribution in [0.15, 0.2) is 34.4 Å². The number of ether oxygens (including phenoxy) is 2. The molecule has 0 saturated carbocycles. The minimum atomic E-state index is -0.0351. The number of aromatic nitrogens is 2. The van der Waals surface area contributed by atoms with Crippen molar-refractivity contribution in [1.29, 1.82) is 0 Å². The fourth-order valence-corrected chi connectivity index (χ4v) is 4.61. The number of anilines is 1. The standard InChI is InChI=1S/C19H19BrN4O3S/c1-26-14-9-12(10-15(27-2)16(14)20)19(25)24-6-4-23(5-7-24)17-13-3-8-28-18(13)22-11-21-17/h3,8-11H,4-7H2,1-2H3. The molecule has 2 aromatic heterocycles. The van der Waals surface area contributed by atoms with Crippen LogP contribution >= 0.6 is 27.3 Å². The Morgan fingerprint density at radius 3 is 2.43 bits per heavy atom. The number of fused-ring (bicyclic) bond motifs is 1. The second-order valence-corrected chi connectivity index (χ2v) is 8.00. The molecular formula is C19H19BrN4O3S. The second-order valence-electron chi connectivity index (χ2n) is 6.31. The van der Waals surface area contributed by atoms with Gasteiger partial charge in [-0.1, -0.05) is 0 Å². The van der Waals surface area contributed by atoms with E-state index in [1.54, 1.807) is 44.0 Å². The highest BCUT2D eigenvalue weighted by atomic mass is 79.9. The number of nitrogens with zero attached hydrogens (tertiary/aromatic N) is 4. The van der Waals surface area contributed by atoms with Gasteiger partial charge in [0.15, 0.2) is 0 Å². The molecule has 1 aliphatic rings. The molecule has 1 aromatic carbocycles. The second kappa shape index (κ2) is 7.92. The third-order valence-electron chi connectivity index (χ3n) is 4.80. The number of carbonyl (C=O) groups is 1. The molecule has 0 atom stereocenters. The van der Waals surface area contributed by atoms with Gasteiger partial charge in [-0.05, 0) is 39.5 Å². The van der Waals surface area contributed by atoms with Gasteiger partial charge in [0.05, 0.1) is 19.6 Å². The number of benzene rings is 1. The molecule has 0 spiro atoms. The summed E-state index contributed by atoms with van der Waals surface area (Å²) in [5, 5.41) is 3.09. The molecule has 1 fully saturated rings. The smallest absolute Gasteiger partial charge is 0.254 e. The summed E-state index contributed by atoms with van der Waals surface area (Å²) < 4.78 is 11.4. The van der Waals surface area contributed by atoms with Gasteiger partial charge in [-0.3, -0.25) is 4.79 Å². The van der Waals surface area contributed by atoms with Gasteiger partial charge in [0, 0.05) is 31.7 Å². The lowest BCUT2D eigenvalue weighted by Crippen LogP contribution is -2.49. The summed E-state index contributed by atoms with van der Waals surface area (Å²) in [6, 6.07) is 5.52. The van der Waals surface area contributed by atoms with Gasteiger partial charge >= 0.3 is 0 Å². The van der Waals surface area contributed by atoms with Gasteiger partial charge in [-0.15, -0.1) is 11.3 Å². The van der Waals surface area contributed by atoms with E-state index in [9.17, 15) is 4.79 Å². The van der Waals surface area contributed by atoms with E-state index in [4.69, 9.17) is 9.47 Å². The third-order valence-corrected chi connectivity index (χ3v) is 6.40. The van der Waals surface area contributed by atoms with E-state index in [2.05, 4.69) is 30.8 Å². The maximum Gasteiger partial charge on any atom is 0.254 e. The Bertz CT molecular complexity index is 992. The number of halogens is 1. The van der Waals surface area contributed by atoms with E-state index in [1.807, 2.05) is 16.3 Å². The number of rotatable bonds is 4. The Morgan fingerprint density at radius 1 is 1.11 bits per heavy atom. The molecule has 0 unspecified atom stereocenters. The molecule has 0 bridgehead atoms. The van der Waals surface area contributed by atoms with E-state index >= 15 is 0 Å². The first-order valence-corrected chi connectivity index (χ1v) is 10.4. The highest BCUT2D eigenvalue weighted by molar-refractivity contribution is 9.10. The molecule has 4 rings (SSSR count). The molecule has 0 N–H and O–H groups in total. The number of amides is 1. The van der Waals surface area contributed by atoms with Crippen LogP contribution in [0.1, 0.15) is 10.4 Å². The van der Waals surface area contributed by atoms with Gasteiger partial charge in [0.2, 0.25) is 0 Å². The fourth-order valence-electron chi connectivity index (χ4n) is 3.33. The third kappa shape index (κ3) is 3.40. The average Bonchev–Trinajstić information content (AvgIpc) is 3.22. The first-order chi connectivity index (χ1) is 13.6. The summed E-state index contributed by atoms with van der Waals surface area (Å²) in [4.78, 5) is 26.8. The molecule has 0 radical (unpaired) electrons. The number of carbonyl (C=O) groups excluding carboxylic acids is 1. The Morgan fingerprint density at radius 2 is 1.79 bits per heavy atom. The Balaban J connectivity index is 1.51. The lowest BCUT2D eigenvalue weighted by molar-refractivity contribution is 0.0746. The van der Waals surface area contributed by atoms with Crippen LogP contribution in [0, 0.1) is 0 Å². The molecule has 1 saturated heterocycles. The highest BCUT2D eigenvalue weighted by Gasteiger charge is 2.25. The summed E-state index contributed by atoms with van der Waals surface area (Å²) in [5.74, 6) is 2.04. The zero-order valence-corrected chi connectivity index (χ0v) is 17.9. The number of hydrogen-bond donors (Lipinski definition) is 0. The molecule has 7 nitrogen and oxygen atoms in total. The molecule has 28 heavy (non-hydrogen) atoms. The van der Waals surface area contributed by atoms with E-state index in [-0.39, 0.29) is 5.91 Å². The Labute approximate surface area is 175 Å². The number of methoxy groups -OCH3 is 2. The van der Waals surface area contributed by atoms with E-state index in [1.165, 1.54) is 0 Å². The highest BCUT2D eigenvalue weighted by Crippen LogP contribution is 2.36. The van der Waals surface area contributed by atoms with Crippen LogP contribution in [0.3, 0.4) is 0 Å². The van der Waals surface area contributed by atoms with E-state index in [0.29, 0.717) is 34.6 Å². The van der Waals surface area contributed by atoms with Crippen molar-refractivity contribution in [2.45, 2.75) is 0 Å². The molecule has 3 aromatic rings. The normalized spacial score (nSPS) is 14.4. The summed E-state index contributed by atoms with van der Waals surface area (Å²) in [6.45, 7) is 2.68. The fraction of sp³-hybridized carbons (Fsp3) is 0.316. The van der Waals surface area contributed by atoms with Crippen LogP contribution in [0.5, 0.6) is 11.5 Å². The van der Waals surface area contributed by atoms with Crippen LogP contribution in [0.25, 0.3) is 10.2 Å². The van der Waals surface area contributed by atoms with Crippen LogP contribution in [0.4, 0.5) is 5.82 Å². The lowest BCUT2D eigenvalue weighted by atomic mass is 10.1. The molecule has 146 valence electrons. The van der Waals surface area contributed by atoms with Gasteiger partial charge in [-0.2, -0.15) is 0 Å². The van der Waals surface area contributed by atoms with E-state index in [0.717, 1.165) is 29.1 Å². The van der Waals surface area contributed by atoms with Crippen molar-refractivity contribution >= 4 is 49.2 Å². The molecule has 1 amide bonds. The van der Waals surface area contributed by atoms with Gasteiger partial charge < -0.3 is 19.3 Å². The van der Waals surface area contributed by atoms with Crippen LogP contribution in [-0.4, -0.2) is 61.2 Å². The quantitative estimate of drug-likeness (QED) is 0.591. The van der Waals surface area contributed by atoms with Crippen LogP contribution in [-0.2, 0) is 0 Å². The van der Waals surface area contributed by atoms with Crippen molar-refractivity contribution in [2.24, 2.45) is 0 Å². The van der Waals surface area contributed by atoms with Gasteiger partial charge in [0.1, 0.15) is 32.9 Å².